The summed E-state index contributed by atoms with van der Waals surface area (Å²) in [6.07, 6.45) is 13.0. The fraction of sp³-hybridized carbons (Fsp3) is 0.477. The zero-order valence-electron chi connectivity index (χ0n) is 63.1. The molecular weight excluding hydrogens is 1370 g/mol. The molecule has 0 spiro atoms. The molecule has 6 aliphatic rings. The summed E-state index contributed by atoms with van der Waals surface area (Å²) in [6.45, 7) is 11.1. The van der Waals surface area contributed by atoms with E-state index in [1.54, 1.807) is 35.5 Å². The molecule has 11 atom stereocenters. The number of aromatic nitrogens is 6. The Kier molecular flexibility index (Phi) is 24.0. The Morgan fingerprint density at radius 2 is 0.852 bits per heavy atom. The van der Waals surface area contributed by atoms with E-state index >= 15 is 0 Å². The second kappa shape index (κ2) is 33.4. The van der Waals surface area contributed by atoms with E-state index in [9.17, 15) is 43.4 Å². The second-order valence-electron chi connectivity index (χ2n) is 30.2. The molecule has 3 aromatic heterocycles. The first kappa shape index (κ1) is 77.8. The van der Waals surface area contributed by atoms with Gasteiger partial charge in [-0.15, -0.1) is 0 Å². The molecule has 0 saturated heterocycles. The molecule has 6 aromatic carbocycles. The summed E-state index contributed by atoms with van der Waals surface area (Å²) in [5, 5.41) is 23.1. The van der Waals surface area contributed by atoms with Crippen LogP contribution in [0, 0.1) is 23.6 Å². The van der Waals surface area contributed by atoms with Crippen LogP contribution in [-0.2, 0) is 54.3 Å². The van der Waals surface area contributed by atoms with Crippen LogP contribution in [0.5, 0.6) is 5.75 Å². The highest BCUT2D eigenvalue weighted by Gasteiger charge is 2.40. The van der Waals surface area contributed by atoms with Crippen LogP contribution in [0.25, 0.3) is 33.1 Å². The van der Waals surface area contributed by atoms with Crippen molar-refractivity contribution in [2.75, 3.05) is 43.1 Å². The van der Waals surface area contributed by atoms with Crippen LogP contribution < -0.4 is 19.4 Å². The fourth-order valence-corrected chi connectivity index (χ4v) is 18.0. The highest BCUT2D eigenvalue weighted by atomic mass is 19.1. The standard InChI is InChI=1S/C29H34FN3O5.C28H33N3O4.C28H33N3O3.CH4/c1-16-8-10-21-23(32(16)29(36)38-4)11-12-24-26(21)31-28(27(35)22-15-19(30)9-13-25(22)37-3)33(24)20-7-5-6-18(14-20)17(2)34;1-17-12-13-22-23(30(17)28(34)35-3)14-15-24-25(22)29-27(26(33)19-8-5-4-6-9-19)31(24)21-11-7-10-20(16-21)18(2)32;1-18-12-13-23-24(30(18)28(33)34-3)14-15-25-27(23)29-26(16-20-8-5-4-6-9-20)31(25)22-11-7-10-21(17-22)19(2)32;/h9,11-13,15-16,18,20,27,35H,5-8,10,14H2,1-4H3;4-6,8-9,14-15,17,20-21,26,33H,7,10-13,16H2,1-3H3;4-6,8-9,14-15,18,21-22H,7,10-13,16-17H2,1-3H3;1H4/t16-,18+,20+,27+;17-,20+,21+,26+;18-,21+,22+;/m000./s1. The number of halogens is 1. The number of Topliss-reactive ketones (excluding diaryl/α,β-unsaturated/α-hetero) is 3. The van der Waals surface area contributed by atoms with Gasteiger partial charge in [-0.05, 0) is 204 Å². The number of hydrogen-bond donors (Lipinski definition) is 2. The number of rotatable bonds is 13. The summed E-state index contributed by atoms with van der Waals surface area (Å²) in [6, 6.07) is 36.4. The van der Waals surface area contributed by atoms with Crippen molar-refractivity contribution in [3.05, 3.63) is 172 Å². The predicted molar refractivity (Wildman–Crippen MR) is 416 cm³/mol. The van der Waals surface area contributed by atoms with Gasteiger partial charge < -0.3 is 42.9 Å². The average molecular weight is 1470 g/mol. The largest absolute Gasteiger partial charge is 0.496 e. The zero-order chi connectivity index (χ0) is 75.6. The molecule has 2 N–H and O–H groups in total. The molecule has 0 radical (unpaired) electrons. The van der Waals surface area contributed by atoms with Crippen LogP contribution in [0.1, 0.15) is 226 Å². The van der Waals surface area contributed by atoms with Gasteiger partial charge in [0.2, 0.25) is 0 Å². The van der Waals surface area contributed by atoms with Gasteiger partial charge in [0, 0.05) is 82.7 Å². The number of ether oxygens (including phenoxy) is 4. The minimum atomic E-state index is -1.26. The average Bonchev–Trinajstić information content (AvgIpc) is 1.59. The van der Waals surface area contributed by atoms with Crippen molar-refractivity contribution in [3.63, 3.8) is 0 Å². The number of anilines is 3. The van der Waals surface area contributed by atoms with Crippen molar-refractivity contribution in [1.29, 1.82) is 0 Å². The van der Waals surface area contributed by atoms with E-state index in [2.05, 4.69) is 52.5 Å². The Bertz CT molecular complexity index is 4800. The van der Waals surface area contributed by atoms with Crippen molar-refractivity contribution in [2.24, 2.45) is 17.8 Å². The number of methoxy groups -OCH3 is 4. The summed E-state index contributed by atoms with van der Waals surface area (Å²) in [7, 11) is 5.68. The van der Waals surface area contributed by atoms with Crippen molar-refractivity contribution < 1.29 is 62.3 Å². The molecule has 572 valence electrons. The highest BCUT2D eigenvalue weighted by Crippen LogP contribution is 2.47. The minimum absolute atomic E-state index is 0. The number of nitrogens with zero attached hydrogens (tertiary/aromatic N) is 9. The van der Waals surface area contributed by atoms with E-state index in [-0.39, 0.29) is 90.7 Å². The maximum Gasteiger partial charge on any atom is 0.414 e. The molecule has 0 unspecified atom stereocenters. The molecule has 21 nitrogen and oxygen atoms in total. The topological polar surface area (TPSA) is 243 Å². The van der Waals surface area contributed by atoms with E-state index in [0.29, 0.717) is 41.5 Å². The Hall–Kier alpha value is -9.80. The molecule has 3 fully saturated rings. The monoisotopic (exact) mass is 1470 g/mol. The number of carbonyl (C=O) groups is 6. The molecule has 15 rings (SSSR count). The summed E-state index contributed by atoms with van der Waals surface area (Å²) in [5.74, 6) is 2.63. The third kappa shape index (κ3) is 15.2. The van der Waals surface area contributed by atoms with Gasteiger partial charge >= 0.3 is 18.3 Å². The summed E-state index contributed by atoms with van der Waals surface area (Å²) in [5.41, 5.74) is 13.1. The molecule has 9 aromatic rings. The number of aliphatic hydroxyl groups is 2. The lowest BCUT2D eigenvalue weighted by molar-refractivity contribution is -0.122. The Morgan fingerprint density at radius 1 is 0.472 bits per heavy atom. The fourth-order valence-electron chi connectivity index (χ4n) is 18.0. The predicted octanol–water partition coefficient (Wildman–Crippen LogP) is 17.3. The lowest BCUT2D eigenvalue weighted by atomic mass is 9.83. The maximum atomic E-state index is 14.3. The van der Waals surface area contributed by atoms with Crippen LogP contribution in [0.4, 0.5) is 35.8 Å². The highest BCUT2D eigenvalue weighted by molar-refractivity contribution is 5.98. The SMILES string of the molecule is C.COC(=O)N1c2ccc3c(nc(Cc4ccccc4)n3[C@@H]3CCC[C@@H](C(C)=O)C3)c2CC[C@@H]1C.COC(=O)N1c2ccc3c(nc([C@H](O)c4cc(F)ccc4OC)n3[C@@H]3CCC[C@@H](C(C)=O)C3)c2CC[C@@H]1C.COC(=O)N1c2ccc3c(nc([C@H](O)c4ccccc4)n3[C@@H]3CCC[C@@H](C(C)=O)C3)c2CC[C@@H]1C. The first-order valence-corrected chi connectivity index (χ1v) is 38.1. The molecule has 108 heavy (non-hydrogen) atoms. The number of benzene rings is 6. The molecule has 3 aliphatic heterocycles. The second-order valence-corrected chi connectivity index (χ2v) is 30.2. The van der Waals surface area contributed by atoms with Crippen molar-refractivity contribution in [3.8, 4) is 5.75 Å². The number of imidazole rings is 3. The van der Waals surface area contributed by atoms with Crippen molar-refractivity contribution in [2.45, 2.75) is 219 Å². The lowest BCUT2D eigenvalue weighted by Gasteiger charge is -2.34. The number of carbonyl (C=O) groups excluding carboxylic acids is 6. The number of aryl methyl sites for hydroxylation is 3. The quantitative estimate of drug-likeness (QED) is 0.102. The molecule has 3 amide bonds. The van der Waals surface area contributed by atoms with Crippen LogP contribution in [0.3, 0.4) is 0 Å². The van der Waals surface area contributed by atoms with Gasteiger partial charge in [-0.3, -0.25) is 29.1 Å². The summed E-state index contributed by atoms with van der Waals surface area (Å²) in [4.78, 5) is 94.9. The number of aliphatic hydroxyl groups excluding tert-OH is 2. The number of fused-ring (bicyclic) bond motifs is 9. The molecular formula is C86H104FN9O12. The molecule has 22 heteroatoms. The number of hydrogen-bond acceptors (Lipinski definition) is 15. The van der Waals surface area contributed by atoms with Gasteiger partial charge in [-0.2, -0.15) is 0 Å². The minimum Gasteiger partial charge on any atom is -0.496 e. The summed E-state index contributed by atoms with van der Waals surface area (Å²) < 4.78 is 41.6. The third-order valence-electron chi connectivity index (χ3n) is 23.7. The first-order chi connectivity index (χ1) is 51.6. The zero-order valence-corrected chi connectivity index (χ0v) is 63.1. The third-order valence-corrected chi connectivity index (χ3v) is 23.7. The van der Waals surface area contributed by atoms with Crippen molar-refractivity contribution in [1.82, 2.24) is 28.7 Å². The smallest absolute Gasteiger partial charge is 0.414 e. The van der Waals surface area contributed by atoms with E-state index in [1.165, 1.54) is 52.2 Å². The Balaban J connectivity index is 0.000000151. The van der Waals surface area contributed by atoms with Gasteiger partial charge in [0.05, 0.1) is 78.6 Å². The van der Waals surface area contributed by atoms with Crippen LogP contribution in [-0.4, -0.2) is 121 Å². The number of ketones is 3. The van der Waals surface area contributed by atoms with Gasteiger partial charge in [-0.1, -0.05) is 87.4 Å². The Labute approximate surface area is 631 Å². The molecule has 0 bridgehead atoms. The summed E-state index contributed by atoms with van der Waals surface area (Å²) >= 11 is 0. The van der Waals surface area contributed by atoms with Crippen LogP contribution in [0.2, 0.25) is 0 Å². The normalized spacial score (nSPS) is 22.3. The Morgan fingerprint density at radius 3 is 1.25 bits per heavy atom. The van der Waals surface area contributed by atoms with Gasteiger partial charge in [-0.25, -0.2) is 33.7 Å². The number of amides is 3. The van der Waals surface area contributed by atoms with E-state index in [0.717, 1.165) is 182 Å². The molecule has 3 saturated carbocycles. The maximum absolute atomic E-state index is 14.3. The van der Waals surface area contributed by atoms with Gasteiger partial charge in [0.1, 0.15) is 58.6 Å². The van der Waals surface area contributed by atoms with Crippen LogP contribution in [0.15, 0.2) is 115 Å². The van der Waals surface area contributed by atoms with E-state index in [4.69, 9.17) is 33.9 Å². The van der Waals surface area contributed by atoms with Gasteiger partial charge in [0.15, 0.2) is 0 Å². The van der Waals surface area contributed by atoms with E-state index in [1.807, 2.05) is 79.1 Å². The molecule has 6 heterocycles. The van der Waals surface area contributed by atoms with Crippen molar-refractivity contribution >= 4 is 85.8 Å². The van der Waals surface area contributed by atoms with E-state index < -0.39 is 24.1 Å². The molecule has 3 aliphatic carbocycles. The van der Waals surface area contributed by atoms with Crippen LogP contribution >= 0.6 is 0 Å². The first-order valence-electron chi connectivity index (χ1n) is 38.1. The van der Waals surface area contributed by atoms with Gasteiger partial charge in [0.25, 0.3) is 0 Å². The lowest BCUT2D eigenvalue weighted by Crippen LogP contribution is -2.42.